The first-order valence-electron chi connectivity index (χ1n) is 7.09. The lowest BCUT2D eigenvalue weighted by molar-refractivity contribution is -0.139. The van der Waals surface area contributed by atoms with Gasteiger partial charge in [-0.2, -0.15) is 13.2 Å². The maximum atomic E-state index is 13.2. The molecule has 0 atom stereocenters. The maximum absolute atomic E-state index is 13.2. The molecule has 1 aliphatic heterocycles. The molecule has 1 saturated heterocycles. The van der Waals surface area contributed by atoms with E-state index in [2.05, 4.69) is 5.32 Å². The van der Waals surface area contributed by atoms with Gasteiger partial charge in [0.25, 0.3) is 5.91 Å². The number of rotatable bonds is 3. The lowest BCUT2D eigenvalue weighted by Crippen LogP contribution is -2.19. The number of thioether (sulfide) groups is 1. The predicted molar refractivity (Wildman–Crippen MR) is 92.0 cm³/mol. The lowest BCUT2D eigenvalue weighted by Gasteiger charge is -2.12. The number of furan rings is 1. The third-order valence-corrected chi connectivity index (χ3v) is 5.24. The maximum Gasteiger partial charge on any atom is 0.417 e. The fraction of sp³-hybridized carbons (Fsp3) is 0.0667. The molecule has 0 aliphatic carbocycles. The Morgan fingerprint density at radius 3 is 2.48 bits per heavy atom. The smallest absolute Gasteiger partial charge is 0.417 e. The number of carbonyl (C=O) groups is 1. The van der Waals surface area contributed by atoms with E-state index in [1.807, 2.05) is 0 Å². The van der Waals surface area contributed by atoms with Crippen LogP contribution in [0.3, 0.4) is 0 Å². The van der Waals surface area contributed by atoms with Gasteiger partial charge in [0.15, 0.2) is 5.17 Å². The van der Waals surface area contributed by atoms with Gasteiger partial charge < -0.3 is 9.73 Å². The summed E-state index contributed by atoms with van der Waals surface area (Å²) in [7, 11) is -4.56. The van der Waals surface area contributed by atoms with Crippen LogP contribution in [0, 0.1) is 5.41 Å². The van der Waals surface area contributed by atoms with Crippen molar-refractivity contribution >= 4 is 38.9 Å². The molecule has 12 heteroatoms. The summed E-state index contributed by atoms with van der Waals surface area (Å²) >= 11 is 0.878. The van der Waals surface area contributed by atoms with E-state index < -0.39 is 32.6 Å². The van der Waals surface area contributed by atoms with Gasteiger partial charge in [-0.15, -0.1) is 0 Å². The Balaban J connectivity index is 2.01. The summed E-state index contributed by atoms with van der Waals surface area (Å²) in [5.74, 6) is -0.270. The Kier molecular flexibility index (Phi) is 4.66. The second-order valence-corrected chi connectivity index (χ2v) is 7.93. The van der Waals surface area contributed by atoms with Gasteiger partial charge in [-0.05, 0) is 42.1 Å². The zero-order valence-electron chi connectivity index (χ0n) is 13.1. The number of carbonyl (C=O) groups excluding carboxylic acids is 1. The summed E-state index contributed by atoms with van der Waals surface area (Å²) < 4.78 is 67.8. The molecule has 0 bridgehead atoms. The van der Waals surface area contributed by atoms with Crippen molar-refractivity contribution in [1.82, 2.24) is 5.32 Å². The number of hydrogen-bond donors (Lipinski definition) is 3. The highest BCUT2D eigenvalue weighted by atomic mass is 32.2. The van der Waals surface area contributed by atoms with Crippen LogP contribution in [0.5, 0.6) is 0 Å². The predicted octanol–water partition coefficient (Wildman–Crippen LogP) is 2.75. The fourth-order valence-corrected chi connectivity index (χ4v) is 3.73. The van der Waals surface area contributed by atoms with Crippen molar-refractivity contribution in [2.24, 2.45) is 5.14 Å². The monoisotopic (exact) mass is 417 g/mol. The Morgan fingerprint density at radius 2 is 1.93 bits per heavy atom. The van der Waals surface area contributed by atoms with E-state index in [0.29, 0.717) is 6.07 Å². The number of primary sulfonamides is 1. The first kappa shape index (κ1) is 19.2. The molecule has 1 amide bonds. The first-order chi connectivity index (χ1) is 12.4. The molecular formula is C15H10F3N3O4S2. The van der Waals surface area contributed by atoms with Gasteiger partial charge >= 0.3 is 6.18 Å². The molecule has 1 fully saturated rings. The van der Waals surface area contributed by atoms with Crippen molar-refractivity contribution in [3.63, 3.8) is 0 Å². The summed E-state index contributed by atoms with van der Waals surface area (Å²) in [5, 5.41) is 14.4. The zero-order valence-corrected chi connectivity index (χ0v) is 14.8. The van der Waals surface area contributed by atoms with Crippen molar-refractivity contribution in [1.29, 1.82) is 5.41 Å². The third-order valence-electron chi connectivity index (χ3n) is 3.44. The molecule has 0 saturated carbocycles. The number of sulfonamides is 1. The number of benzene rings is 1. The number of nitrogens with two attached hydrogens (primary N) is 1. The average Bonchev–Trinajstić information content (AvgIpc) is 3.12. The molecule has 1 aromatic carbocycles. The molecule has 2 aromatic rings. The van der Waals surface area contributed by atoms with Crippen molar-refractivity contribution in [3.8, 4) is 11.3 Å². The quantitative estimate of drug-likeness (QED) is 0.662. The van der Waals surface area contributed by atoms with E-state index in [1.54, 1.807) is 0 Å². The van der Waals surface area contributed by atoms with Crippen LogP contribution in [-0.4, -0.2) is 19.5 Å². The zero-order chi connectivity index (χ0) is 20.0. The van der Waals surface area contributed by atoms with E-state index in [4.69, 9.17) is 15.0 Å². The minimum Gasteiger partial charge on any atom is -0.457 e. The van der Waals surface area contributed by atoms with Gasteiger partial charge in [-0.1, -0.05) is 0 Å². The molecule has 1 aliphatic rings. The van der Waals surface area contributed by atoms with Gasteiger partial charge in [0.1, 0.15) is 11.5 Å². The Bertz CT molecular complexity index is 1090. The molecule has 3 rings (SSSR count). The standard InChI is InChI=1S/C15H10F3N3O4S2/c16-15(17,18)9-5-7(1-4-12(9)27(20,23)24)10-3-2-8(25-10)6-11-13(22)21-14(19)26-11/h1-6H,(H2,19,21,22)(H2,20,23,24)/b11-6-. The van der Waals surface area contributed by atoms with Crippen LogP contribution in [0.15, 0.2) is 44.5 Å². The second-order valence-electron chi connectivity index (χ2n) is 5.35. The molecule has 0 unspecified atom stereocenters. The van der Waals surface area contributed by atoms with Crippen LogP contribution >= 0.6 is 11.8 Å². The topological polar surface area (TPSA) is 126 Å². The highest BCUT2D eigenvalue weighted by Crippen LogP contribution is 2.37. The molecule has 0 radical (unpaired) electrons. The molecular weight excluding hydrogens is 407 g/mol. The largest absolute Gasteiger partial charge is 0.457 e. The number of halogens is 3. The van der Waals surface area contributed by atoms with Crippen LogP contribution in [-0.2, 0) is 21.0 Å². The van der Waals surface area contributed by atoms with E-state index in [0.717, 1.165) is 23.9 Å². The Labute approximate surface area is 155 Å². The summed E-state index contributed by atoms with van der Waals surface area (Å²) in [5.41, 5.74) is -1.42. The van der Waals surface area contributed by atoms with Crippen LogP contribution in [0.4, 0.5) is 13.2 Å². The third kappa shape index (κ3) is 4.07. The number of hydrogen-bond acceptors (Lipinski definition) is 6. The van der Waals surface area contributed by atoms with E-state index in [-0.39, 0.29) is 27.2 Å². The van der Waals surface area contributed by atoms with Gasteiger partial charge in [0.2, 0.25) is 10.0 Å². The average molecular weight is 417 g/mol. The molecule has 0 spiro atoms. The SMILES string of the molecule is N=C1NC(=O)/C(=C/c2ccc(-c3ccc(S(N)(=O)=O)c(C(F)(F)F)c3)o2)S1. The highest BCUT2D eigenvalue weighted by molar-refractivity contribution is 8.18. The van der Waals surface area contributed by atoms with Crippen LogP contribution in [0.1, 0.15) is 11.3 Å². The number of amidine groups is 1. The number of alkyl halides is 3. The van der Waals surface area contributed by atoms with Crippen LogP contribution in [0.2, 0.25) is 0 Å². The lowest BCUT2D eigenvalue weighted by atomic mass is 10.1. The normalized spacial score (nSPS) is 16.8. The van der Waals surface area contributed by atoms with Crippen LogP contribution in [0.25, 0.3) is 17.4 Å². The molecule has 7 nitrogen and oxygen atoms in total. The first-order valence-corrected chi connectivity index (χ1v) is 9.45. The van der Waals surface area contributed by atoms with E-state index in [9.17, 15) is 26.4 Å². The summed E-state index contributed by atoms with van der Waals surface area (Å²) in [6, 6.07) is 5.33. The highest BCUT2D eigenvalue weighted by Gasteiger charge is 2.37. The minimum atomic E-state index is -4.94. The van der Waals surface area contributed by atoms with Gasteiger partial charge in [-0.3, -0.25) is 10.2 Å². The molecule has 1 aromatic heterocycles. The van der Waals surface area contributed by atoms with Crippen molar-refractivity contribution in [2.75, 3.05) is 0 Å². The minimum absolute atomic E-state index is 0.0179. The van der Waals surface area contributed by atoms with Crippen molar-refractivity contribution < 1.29 is 30.8 Å². The van der Waals surface area contributed by atoms with Crippen LogP contribution < -0.4 is 10.5 Å². The van der Waals surface area contributed by atoms with Crippen molar-refractivity contribution in [2.45, 2.75) is 11.1 Å². The van der Waals surface area contributed by atoms with Gasteiger partial charge in [-0.25, -0.2) is 13.6 Å². The second kappa shape index (κ2) is 6.55. The number of nitrogens with one attached hydrogen (secondary N) is 2. The summed E-state index contributed by atoms with van der Waals surface area (Å²) in [6.07, 6.45) is -3.59. The molecule has 27 heavy (non-hydrogen) atoms. The van der Waals surface area contributed by atoms with Crippen molar-refractivity contribution in [3.05, 3.63) is 46.6 Å². The summed E-state index contributed by atoms with van der Waals surface area (Å²) in [4.78, 5) is 10.7. The fourth-order valence-electron chi connectivity index (χ4n) is 2.31. The molecule has 4 N–H and O–H groups in total. The van der Waals surface area contributed by atoms with E-state index in [1.165, 1.54) is 18.2 Å². The molecule has 142 valence electrons. The Hall–Kier alpha value is -2.57. The van der Waals surface area contributed by atoms with Gasteiger partial charge in [0, 0.05) is 11.6 Å². The number of amides is 1. The molecule has 2 heterocycles. The summed E-state index contributed by atoms with van der Waals surface area (Å²) in [6.45, 7) is 0. The van der Waals surface area contributed by atoms with Gasteiger partial charge in [0.05, 0.1) is 15.4 Å². The van der Waals surface area contributed by atoms with E-state index >= 15 is 0 Å². The Morgan fingerprint density at radius 1 is 1.22 bits per heavy atom.